The number of rotatable bonds is 7. The zero-order valence-electron chi connectivity index (χ0n) is 10.6. The molecular weight excluding hydrogens is 236 g/mol. The van der Waals surface area contributed by atoms with Gasteiger partial charge in [0.25, 0.3) is 0 Å². The van der Waals surface area contributed by atoms with E-state index in [-0.39, 0.29) is 17.9 Å². The molecule has 1 fully saturated rings. The van der Waals surface area contributed by atoms with Gasteiger partial charge in [0.15, 0.2) is 0 Å². The molecule has 4 nitrogen and oxygen atoms in total. The van der Waals surface area contributed by atoms with Crippen LogP contribution in [-0.2, 0) is 4.79 Å². The maximum Gasteiger partial charge on any atom is 0.226 e. The van der Waals surface area contributed by atoms with Crippen LogP contribution in [0.2, 0.25) is 0 Å². The molecule has 0 unspecified atom stereocenters. The maximum absolute atomic E-state index is 12.0. The van der Waals surface area contributed by atoms with Crippen molar-refractivity contribution in [3.8, 4) is 0 Å². The lowest BCUT2D eigenvalue weighted by atomic mass is 9.80. The van der Waals surface area contributed by atoms with E-state index >= 15 is 0 Å². The quantitative estimate of drug-likeness (QED) is 0.587. The van der Waals surface area contributed by atoms with Crippen molar-refractivity contribution in [1.29, 1.82) is 0 Å². The van der Waals surface area contributed by atoms with Crippen LogP contribution in [0.4, 0.5) is 0 Å². The number of amides is 1. The maximum atomic E-state index is 12.0. The molecule has 17 heavy (non-hydrogen) atoms. The molecule has 100 valence electrons. The largest absolute Gasteiger partial charge is 0.396 e. The molecule has 0 bridgehead atoms. The molecule has 0 aromatic heterocycles. The third-order valence-corrected chi connectivity index (χ3v) is 4.30. The number of thioether (sulfide) groups is 1. The van der Waals surface area contributed by atoms with Crippen molar-refractivity contribution >= 4 is 17.7 Å². The summed E-state index contributed by atoms with van der Waals surface area (Å²) in [6.07, 6.45) is 2.69. The summed E-state index contributed by atoms with van der Waals surface area (Å²) in [5, 5.41) is 14.9. The standard InChI is InChI=1S/C12H24N2O2S/c1-12(3-5-13-6-4-12)11(16)14-7-10-17-9-2-8-15/h13,15H,2-10H2,1H3,(H,14,16). The van der Waals surface area contributed by atoms with Crippen molar-refractivity contribution in [2.75, 3.05) is 37.7 Å². The van der Waals surface area contributed by atoms with E-state index in [4.69, 9.17) is 5.11 Å². The van der Waals surface area contributed by atoms with E-state index in [9.17, 15) is 4.79 Å². The molecule has 0 saturated carbocycles. The molecule has 3 N–H and O–H groups in total. The fourth-order valence-corrected chi connectivity index (χ4v) is 2.71. The minimum Gasteiger partial charge on any atom is -0.396 e. The summed E-state index contributed by atoms with van der Waals surface area (Å²) >= 11 is 1.78. The van der Waals surface area contributed by atoms with Gasteiger partial charge in [-0.25, -0.2) is 0 Å². The first-order valence-corrected chi connectivity index (χ1v) is 7.52. The van der Waals surface area contributed by atoms with Crippen LogP contribution in [0.15, 0.2) is 0 Å². The average Bonchev–Trinajstić information content (AvgIpc) is 2.34. The highest BCUT2D eigenvalue weighted by molar-refractivity contribution is 7.99. The van der Waals surface area contributed by atoms with Crippen LogP contribution in [0.3, 0.4) is 0 Å². The SMILES string of the molecule is CC1(C(=O)NCCSCCCO)CCNCC1. The molecule has 1 rings (SSSR count). The molecule has 5 heteroatoms. The Morgan fingerprint density at radius 2 is 2.12 bits per heavy atom. The number of aliphatic hydroxyl groups is 1. The lowest BCUT2D eigenvalue weighted by Crippen LogP contribution is -2.46. The van der Waals surface area contributed by atoms with E-state index in [2.05, 4.69) is 17.6 Å². The summed E-state index contributed by atoms with van der Waals surface area (Å²) in [7, 11) is 0. The molecule has 1 saturated heterocycles. The molecule has 0 atom stereocenters. The minimum atomic E-state index is -0.180. The Kier molecular flexibility index (Phi) is 6.92. The predicted octanol–water partition coefficient (Wildman–Crippen LogP) is 0.608. The van der Waals surface area contributed by atoms with Crippen LogP contribution in [0.25, 0.3) is 0 Å². The van der Waals surface area contributed by atoms with E-state index in [0.717, 1.165) is 50.4 Å². The second kappa shape index (κ2) is 7.95. The number of hydrogen-bond acceptors (Lipinski definition) is 4. The third-order valence-electron chi connectivity index (χ3n) is 3.23. The summed E-state index contributed by atoms with van der Waals surface area (Å²) in [5.74, 6) is 2.09. The van der Waals surface area contributed by atoms with Gasteiger partial charge in [0.2, 0.25) is 5.91 Å². The summed E-state index contributed by atoms with van der Waals surface area (Å²) in [6, 6.07) is 0. The molecular formula is C12H24N2O2S. The molecule has 1 aliphatic rings. The second-order valence-electron chi connectivity index (χ2n) is 4.76. The van der Waals surface area contributed by atoms with Gasteiger partial charge in [-0.1, -0.05) is 6.92 Å². The van der Waals surface area contributed by atoms with Crippen molar-refractivity contribution in [2.45, 2.75) is 26.2 Å². The van der Waals surface area contributed by atoms with Crippen molar-refractivity contribution < 1.29 is 9.90 Å². The Balaban J connectivity index is 2.11. The van der Waals surface area contributed by atoms with Crippen molar-refractivity contribution in [2.24, 2.45) is 5.41 Å². The topological polar surface area (TPSA) is 61.4 Å². The number of piperidine rings is 1. The van der Waals surface area contributed by atoms with E-state index < -0.39 is 0 Å². The Morgan fingerprint density at radius 3 is 2.76 bits per heavy atom. The number of aliphatic hydroxyl groups excluding tert-OH is 1. The number of carbonyl (C=O) groups is 1. The molecule has 0 aromatic carbocycles. The van der Waals surface area contributed by atoms with Crippen LogP contribution in [0.5, 0.6) is 0 Å². The van der Waals surface area contributed by atoms with Crippen LogP contribution < -0.4 is 10.6 Å². The zero-order valence-corrected chi connectivity index (χ0v) is 11.4. The third kappa shape index (κ3) is 5.27. The molecule has 0 aliphatic carbocycles. The summed E-state index contributed by atoms with van der Waals surface area (Å²) in [6.45, 7) is 4.93. The van der Waals surface area contributed by atoms with E-state index in [1.807, 2.05) is 0 Å². The Bertz CT molecular complexity index is 231. The van der Waals surface area contributed by atoms with Gasteiger partial charge in [0.1, 0.15) is 0 Å². The molecule has 0 aromatic rings. The van der Waals surface area contributed by atoms with E-state index in [1.54, 1.807) is 11.8 Å². The summed E-state index contributed by atoms with van der Waals surface area (Å²) in [4.78, 5) is 12.0. The predicted molar refractivity (Wildman–Crippen MR) is 72.2 cm³/mol. The number of carbonyl (C=O) groups excluding carboxylic acids is 1. The van der Waals surface area contributed by atoms with Crippen LogP contribution >= 0.6 is 11.8 Å². The molecule has 1 heterocycles. The Hall–Kier alpha value is -0.260. The van der Waals surface area contributed by atoms with Gasteiger partial charge in [-0.3, -0.25) is 4.79 Å². The van der Waals surface area contributed by atoms with Gasteiger partial charge in [-0.15, -0.1) is 0 Å². The van der Waals surface area contributed by atoms with Gasteiger partial charge in [0, 0.05) is 24.3 Å². The smallest absolute Gasteiger partial charge is 0.226 e. The highest BCUT2D eigenvalue weighted by Crippen LogP contribution is 2.27. The summed E-state index contributed by atoms with van der Waals surface area (Å²) in [5.41, 5.74) is -0.180. The highest BCUT2D eigenvalue weighted by atomic mass is 32.2. The van der Waals surface area contributed by atoms with E-state index in [1.165, 1.54) is 0 Å². The zero-order chi connectivity index (χ0) is 12.6. The minimum absolute atomic E-state index is 0.180. The van der Waals surface area contributed by atoms with Gasteiger partial charge in [0.05, 0.1) is 0 Å². The van der Waals surface area contributed by atoms with Crippen molar-refractivity contribution in [1.82, 2.24) is 10.6 Å². The first-order valence-electron chi connectivity index (χ1n) is 6.37. The first kappa shape index (κ1) is 14.8. The lowest BCUT2D eigenvalue weighted by molar-refractivity contribution is -0.131. The molecule has 1 aliphatic heterocycles. The van der Waals surface area contributed by atoms with Gasteiger partial charge in [-0.05, 0) is 38.1 Å². The second-order valence-corrected chi connectivity index (χ2v) is 5.98. The molecule has 1 amide bonds. The fourth-order valence-electron chi connectivity index (χ4n) is 1.92. The van der Waals surface area contributed by atoms with Crippen molar-refractivity contribution in [3.63, 3.8) is 0 Å². The van der Waals surface area contributed by atoms with Gasteiger partial charge < -0.3 is 15.7 Å². The van der Waals surface area contributed by atoms with Crippen LogP contribution in [0.1, 0.15) is 26.2 Å². The first-order chi connectivity index (χ1) is 8.19. The normalized spacial score (nSPS) is 18.9. The van der Waals surface area contributed by atoms with Gasteiger partial charge >= 0.3 is 0 Å². The molecule has 0 radical (unpaired) electrons. The van der Waals surface area contributed by atoms with Crippen molar-refractivity contribution in [3.05, 3.63) is 0 Å². The number of hydrogen-bond donors (Lipinski definition) is 3. The molecule has 0 spiro atoms. The Labute approximate surface area is 108 Å². The van der Waals surface area contributed by atoms with E-state index in [0.29, 0.717) is 0 Å². The lowest BCUT2D eigenvalue weighted by Gasteiger charge is -2.32. The summed E-state index contributed by atoms with van der Waals surface area (Å²) < 4.78 is 0. The highest BCUT2D eigenvalue weighted by Gasteiger charge is 2.33. The number of nitrogens with one attached hydrogen (secondary N) is 2. The fraction of sp³-hybridized carbons (Fsp3) is 0.917. The monoisotopic (exact) mass is 260 g/mol. The van der Waals surface area contributed by atoms with Crippen LogP contribution in [0, 0.1) is 5.41 Å². The average molecular weight is 260 g/mol. The van der Waals surface area contributed by atoms with Crippen LogP contribution in [-0.4, -0.2) is 48.8 Å². The Morgan fingerprint density at radius 1 is 1.41 bits per heavy atom. The van der Waals surface area contributed by atoms with Gasteiger partial charge in [-0.2, -0.15) is 11.8 Å².